The Kier molecular flexibility index (Phi) is 40.9. The number of hydrogen-bond donors (Lipinski definition) is 4. The summed E-state index contributed by atoms with van der Waals surface area (Å²) in [6, 6.07) is 0. The molecule has 62 heavy (non-hydrogen) atoms. The first-order valence-electron chi connectivity index (χ1n) is 26.3. The minimum atomic E-state index is -1.60. The van der Waals surface area contributed by atoms with Crippen molar-refractivity contribution < 1.29 is 49.0 Å². The van der Waals surface area contributed by atoms with Crippen LogP contribution in [0.5, 0.6) is 0 Å². The molecule has 1 aliphatic rings. The van der Waals surface area contributed by atoms with Gasteiger partial charge in [-0.1, -0.05) is 225 Å². The van der Waals surface area contributed by atoms with Gasteiger partial charge in [0.05, 0.1) is 13.2 Å². The quantitative estimate of drug-likeness (QED) is 0.0264. The number of carbonyl (C=O) groups is 2. The summed E-state index contributed by atoms with van der Waals surface area (Å²) >= 11 is 0. The van der Waals surface area contributed by atoms with Crippen LogP contribution in [-0.4, -0.2) is 89.0 Å². The van der Waals surface area contributed by atoms with Crippen LogP contribution < -0.4 is 0 Å². The molecule has 0 aromatic heterocycles. The van der Waals surface area contributed by atoms with Gasteiger partial charge in [0.15, 0.2) is 12.4 Å². The second-order valence-corrected chi connectivity index (χ2v) is 18.3. The van der Waals surface area contributed by atoms with Crippen LogP contribution in [0.2, 0.25) is 0 Å². The van der Waals surface area contributed by atoms with Crippen molar-refractivity contribution in [1.29, 1.82) is 0 Å². The molecule has 1 aliphatic heterocycles. The van der Waals surface area contributed by atoms with E-state index < -0.39 is 55.4 Å². The van der Waals surface area contributed by atoms with E-state index in [1.807, 2.05) is 6.08 Å². The number of carbonyl (C=O) groups excluding carboxylic acids is 2. The Morgan fingerprint density at radius 1 is 0.484 bits per heavy atom. The van der Waals surface area contributed by atoms with Gasteiger partial charge in [0.1, 0.15) is 31.0 Å². The third kappa shape index (κ3) is 33.9. The van der Waals surface area contributed by atoms with Gasteiger partial charge in [-0.15, -0.1) is 0 Å². The fourth-order valence-corrected chi connectivity index (χ4v) is 8.27. The molecule has 366 valence electrons. The first-order valence-corrected chi connectivity index (χ1v) is 26.3. The van der Waals surface area contributed by atoms with Crippen molar-refractivity contribution in [3.63, 3.8) is 0 Å². The number of aliphatic hydroxyl groups is 4. The van der Waals surface area contributed by atoms with Gasteiger partial charge in [-0.25, -0.2) is 0 Å². The van der Waals surface area contributed by atoms with Crippen LogP contribution in [0, 0.1) is 0 Å². The molecule has 10 heteroatoms. The van der Waals surface area contributed by atoms with E-state index in [2.05, 4.69) is 19.9 Å². The summed E-state index contributed by atoms with van der Waals surface area (Å²) in [4.78, 5) is 25.4. The summed E-state index contributed by atoms with van der Waals surface area (Å²) in [6.45, 7) is 3.43. The SMILES string of the molecule is CCCCCCCCCCCCC/C=C/CCC(=O)OC[C@H](CO[C@@H]1O[C@H](CO)[C@H](O)C(O)C1O)OC(=O)CCCCCCCCCCCCCCCCCCCCCCCC. The number of hydrogen-bond acceptors (Lipinski definition) is 10. The number of aliphatic hydroxyl groups excluding tert-OH is 4. The van der Waals surface area contributed by atoms with Crippen LogP contribution in [-0.2, 0) is 28.5 Å². The normalized spacial score (nSPS) is 19.6. The molecule has 0 aliphatic carbocycles. The van der Waals surface area contributed by atoms with Gasteiger partial charge in [-0.3, -0.25) is 9.59 Å². The van der Waals surface area contributed by atoms with Crippen molar-refractivity contribution in [2.75, 3.05) is 19.8 Å². The fraction of sp³-hybridized carbons (Fsp3) is 0.923. The van der Waals surface area contributed by atoms with Crippen molar-refractivity contribution in [2.24, 2.45) is 0 Å². The van der Waals surface area contributed by atoms with Crippen molar-refractivity contribution in [3.05, 3.63) is 12.2 Å². The van der Waals surface area contributed by atoms with E-state index >= 15 is 0 Å². The summed E-state index contributed by atoms with van der Waals surface area (Å²) in [5.41, 5.74) is 0. The highest BCUT2D eigenvalue weighted by Gasteiger charge is 2.44. The minimum absolute atomic E-state index is 0.197. The Balaban J connectivity index is 2.24. The lowest BCUT2D eigenvalue weighted by Crippen LogP contribution is -2.59. The van der Waals surface area contributed by atoms with Crippen molar-refractivity contribution in [3.8, 4) is 0 Å². The Hall–Kier alpha value is -1.56. The number of ether oxygens (including phenoxy) is 4. The zero-order valence-electron chi connectivity index (χ0n) is 40.1. The molecule has 10 nitrogen and oxygen atoms in total. The van der Waals surface area contributed by atoms with Gasteiger partial charge >= 0.3 is 11.9 Å². The lowest BCUT2D eigenvalue weighted by Gasteiger charge is -2.39. The maximum Gasteiger partial charge on any atom is 0.306 e. The number of allylic oxidation sites excluding steroid dienone is 2. The van der Waals surface area contributed by atoms with Gasteiger partial charge < -0.3 is 39.4 Å². The first kappa shape index (κ1) is 58.5. The third-order valence-electron chi connectivity index (χ3n) is 12.4. The van der Waals surface area contributed by atoms with E-state index in [0.29, 0.717) is 12.8 Å². The lowest BCUT2D eigenvalue weighted by atomic mass is 9.99. The molecule has 0 aromatic carbocycles. The maximum absolute atomic E-state index is 12.8. The zero-order valence-corrected chi connectivity index (χ0v) is 40.1. The number of rotatable bonds is 45. The summed E-state index contributed by atoms with van der Waals surface area (Å²) in [7, 11) is 0. The van der Waals surface area contributed by atoms with Crippen molar-refractivity contribution in [1.82, 2.24) is 0 Å². The summed E-state index contributed by atoms with van der Waals surface area (Å²) in [5, 5.41) is 40.2. The Morgan fingerprint density at radius 2 is 0.887 bits per heavy atom. The predicted molar refractivity (Wildman–Crippen MR) is 252 cm³/mol. The van der Waals surface area contributed by atoms with Crippen LogP contribution in [0.15, 0.2) is 12.2 Å². The Labute approximate surface area is 380 Å². The first-order chi connectivity index (χ1) is 30.3. The van der Waals surface area contributed by atoms with Gasteiger partial charge in [-0.2, -0.15) is 0 Å². The summed E-state index contributed by atoms with van der Waals surface area (Å²) in [6.07, 6.45) is 41.0. The van der Waals surface area contributed by atoms with Gasteiger partial charge in [-0.05, 0) is 25.7 Å². The van der Waals surface area contributed by atoms with Gasteiger partial charge in [0.25, 0.3) is 0 Å². The van der Waals surface area contributed by atoms with Crippen LogP contribution in [0.4, 0.5) is 0 Å². The van der Waals surface area contributed by atoms with Crippen LogP contribution in [0.3, 0.4) is 0 Å². The lowest BCUT2D eigenvalue weighted by molar-refractivity contribution is -0.305. The van der Waals surface area contributed by atoms with E-state index in [4.69, 9.17) is 18.9 Å². The highest BCUT2D eigenvalue weighted by molar-refractivity contribution is 5.70. The van der Waals surface area contributed by atoms with E-state index in [9.17, 15) is 30.0 Å². The second-order valence-electron chi connectivity index (χ2n) is 18.3. The highest BCUT2D eigenvalue weighted by atomic mass is 16.7. The zero-order chi connectivity index (χ0) is 45.1. The average Bonchev–Trinajstić information content (AvgIpc) is 3.27. The molecule has 0 radical (unpaired) electrons. The summed E-state index contributed by atoms with van der Waals surface area (Å²) < 4.78 is 22.2. The minimum Gasteiger partial charge on any atom is -0.462 e. The third-order valence-corrected chi connectivity index (χ3v) is 12.4. The van der Waals surface area contributed by atoms with E-state index in [1.165, 1.54) is 180 Å². The Morgan fingerprint density at radius 3 is 1.32 bits per heavy atom. The Bertz CT molecular complexity index is 1020. The molecule has 1 rings (SSSR count). The standard InChI is InChI=1S/C52H98O10/c1-3-5-7-9-11-13-15-17-19-20-21-22-23-24-25-27-29-31-33-35-37-39-41-48(55)61-45(44-60-52-51(58)50(57)49(56)46(42-53)62-52)43-59-47(54)40-38-36-34-32-30-28-26-18-16-14-12-10-8-6-4-2/h34,36,45-46,49-53,56-58H,3-33,35,37-44H2,1-2H3/b36-34+/t45-,46-,49+,50?,51?,52-/m1/s1. The van der Waals surface area contributed by atoms with Crippen LogP contribution in [0.25, 0.3) is 0 Å². The van der Waals surface area contributed by atoms with E-state index in [-0.39, 0.29) is 26.1 Å². The number of esters is 2. The monoisotopic (exact) mass is 883 g/mol. The molecule has 0 saturated carbocycles. The highest BCUT2D eigenvalue weighted by Crippen LogP contribution is 2.23. The van der Waals surface area contributed by atoms with Gasteiger partial charge in [0, 0.05) is 12.8 Å². The van der Waals surface area contributed by atoms with E-state index in [1.54, 1.807) is 0 Å². The molecule has 6 atom stereocenters. The van der Waals surface area contributed by atoms with Crippen LogP contribution in [0.1, 0.15) is 251 Å². The molecule has 1 saturated heterocycles. The maximum atomic E-state index is 12.8. The molecule has 1 fully saturated rings. The smallest absolute Gasteiger partial charge is 0.306 e. The molecule has 0 bridgehead atoms. The number of unbranched alkanes of at least 4 members (excludes halogenated alkanes) is 32. The predicted octanol–water partition coefficient (Wildman–Crippen LogP) is 12.3. The van der Waals surface area contributed by atoms with Crippen molar-refractivity contribution in [2.45, 2.75) is 288 Å². The van der Waals surface area contributed by atoms with Crippen molar-refractivity contribution >= 4 is 11.9 Å². The topological polar surface area (TPSA) is 152 Å². The molecular formula is C52H98O10. The van der Waals surface area contributed by atoms with E-state index in [0.717, 1.165) is 32.1 Å². The molecule has 1 heterocycles. The van der Waals surface area contributed by atoms with Crippen LogP contribution >= 0.6 is 0 Å². The van der Waals surface area contributed by atoms with Gasteiger partial charge in [0.2, 0.25) is 0 Å². The average molecular weight is 883 g/mol. The summed E-state index contributed by atoms with van der Waals surface area (Å²) in [5.74, 6) is -0.847. The second kappa shape index (κ2) is 43.3. The molecule has 0 spiro atoms. The fourth-order valence-electron chi connectivity index (χ4n) is 8.27. The molecule has 4 N–H and O–H groups in total. The largest absolute Gasteiger partial charge is 0.462 e. The molecule has 0 amide bonds. The molecule has 0 aromatic rings. The molecular weight excluding hydrogens is 785 g/mol. The molecule has 2 unspecified atom stereocenters.